The minimum absolute atomic E-state index is 0.0282. The Morgan fingerprint density at radius 2 is 1.88 bits per heavy atom. The molecule has 4 aromatic rings. The van der Waals surface area contributed by atoms with E-state index in [1.54, 1.807) is 12.1 Å². The van der Waals surface area contributed by atoms with Crippen molar-refractivity contribution in [3.8, 4) is 11.5 Å². The van der Waals surface area contributed by atoms with E-state index in [0.29, 0.717) is 17.3 Å². The van der Waals surface area contributed by atoms with Gasteiger partial charge in [-0.15, -0.1) is 10.2 Å². The molecule has 10 heteroatoms. The topological polar surface area (TPSA) is 117 Å². The molecule has 0 bridgehead atoms. The van der Waals surface area contributed by atoms with E-state index in [1.165, 1.54) is 12.1 Å². The van der Waals surface area contributed by atoms with Gasteiger partial charge in [-0.05, 0) is 37.6 Å². The van der Waals surface area contributed by atoms with Crippen molar-refractivity contribution in [2.24, 2.45) is 0 Å². The second-order valence-electron chi connectivity index (χ2n) is 7.88. The van der Waals surface area contributed by atoms with Crippen LogP contribution in [0.15, 0.2) is 52.9 Å². The van der Waals surface area contributed by atoms with E-state index in [9.17, 15) is 10.1 Å². The average molecular weight is 433 g/mol. The van der Waals surface area contributed by atoms with Gasteiger partial charge in [0.2, 0.25) is 17.7 Å². The van der Waals surface area contributed by atoms with E-state index in [2.05, 4.69) is 31.9 Å². The van der Waals surface area contributed by atoms with Crippen molar-refractivity contribution >= 4 is 22.7 Å². The number of nitrogens with one attached hydrogen (secondary N) is 1. The normalized spacial score (nSPS) is 16.2. The van der Waals surface area contributed by atoms with Gasteiger partial charge in [0.25, 0.3) is 5.69 Å². The lowest BCUT2D eigenvalue weighted by molar-refractivity contribution is -0.384. The standard InChI is InChI=1S/C22H23N7O3/c1-15(20-25-26-21(32-20)16-7-9-17(10-8-16)29(30)31)27-11-4-12-28(14-13-27)22-23-18-5-2-3-6-19(18)24-22/h2-3,5-10,15H,4,11-14H2,1H3,(H,23,24). The second-order valence-corrected chi connectivity index (χ2v) is 7.88. The largest absolute Gasteiger partial charge is 0.419 e. The number of fused-ring (bicyclic) bond motifs is 1. The zero-order valence-corrected chi connectivity index (χ0v) is 17.6. The van der Waals surface area contributed by atoms with Crippen LogP contribution in [0, 0.1) is 10.1 Å². The van der Waals surface area contributed by atoms with Gasteiger partial charge in [0, 0.05) is 43.9 Å². The van der Waals surface area contributed by atoms with E-state index >= 15 is 0 Å². The van der Waals surface area contributed by atoms with Crippen LogP contribution in [0.4, 0.5) is 11.6 Å². The number of nitrogens with zero attached hydrogens (tertiary/aromatic N) is 6. The number of rotatable bonds is 5. The van der Waals surface area contributed by atoms with Crippen molar-refractivity contribution in [2.75, 3.05) is 31.1 Å². The molecule has 1 aliphatic heterocycles. The molecule has 10 nitrogen and oxygen atoms in total. The number of anilines is 1. The van der Waals surface area contributed by atoms with E-state index < -0.39 is 4.92 Å². The van der Waals surface area contributed by atoms with Gasteiger partial charge in [0.15, 0.2) is 0 Å². The Labute approximate surface area is 184 Å². The molecule has 2 aromatic carbocycles. The number of hydrogen-bond acceptors (Lipinski definition) is 8. The third-order valence-corrected chi connectivity index (χ3v) is 5.88. The highest BCUT2D eigenvalue weighted by Crippen LogP contribution is 2.27. The van der Waals surface area contributed by atoms with Crippen LogP contribution in [-0.4, -0.2) is 56.2 Å². The Morgan fingerprint density at radius 1 is 1.06 bits per heavy atom. The summed E-state index contributed by atoms with van der Waals surface area (Å²) in [6.45, 7) is 5.57. The molecule has 1 saturated heterocycles. The molecular formula is C22H23N7O3. The first-order chi connectivity index (χ1) is 15.6. The fourth-order valence-corrected chi connectivity index (χ4v) is 4.03. The van der Waals surface area contributed by atoms with Gasteiger partial charge in [-0.3, -0.25) is 15.0 Å². The number of non-ortho nitro benzene ring substituents is 1. The summed E-state index contributed by atoms with van der Waals surface area (Å²) in [4.78, 5) is 23.2. The van der Waals surface area contributed by atoms with E-state index in [0.717, 1.165) is 49.6 Å². The van der Waals surface area contributed by atoms with Crippen molar-refractivity contribution in [3.63, 3.8) is 0 Å². The molecule has 0 aliphatic carbocycles. The number of para-hydroxylation sites is 2. The van der Waals surface area contributed by atoms with Gasteiger partial charge in [0.05, 0.1) is 22.0 Å². The molecule has 0 amide bonds. The number of aromatic nitrogens is 4. The van der Waals surface area contributed by atoms with E-state index in [1.807, 2.05) is 24.3 Å². The second kappa shape index (κ2) is 8.39. The fraction of sp³-hybridized carbons (Fsp3) is 0.318. The number of nitro groups is 1. The molecule has 1 atom stereocenters. The molecular weight excluding hydrogens is 410 g/mol. The van der Waals surface area contributed by atoms with Gasteiger partial charge in [0.1, 0.15) is 0 Å². The number of benzene rings is 2. The van der Waals surface area contributed by atoms with Crippen LogP contribution in [-0.2, 0) is 0 Å². The smallest absolute Gasteiger partial charge is 0.269 e. The molecule has 0 saturated carbocycles. The first-order valence-electron chi connectivity index (χ1n) is 10.6. The molecule has 5 rings (SSSR count). The van der Waals surface area contributed by atoms with Gasteiger partial charge in [-0.25, -0.2) is 4.98 Å². The van der Waals surface area contributed by atoms with Crippen molar-refractivity contribution in [3.05, 3.63) is 64.5 Å². The molecule has 32 heavy (non-hydrogen) atoms. The van der Waals surface area contributed by atoms with Gasteiger partial charge in [-0.1, -0.05) is 12.1 Å². The monoisotopic (exact) mass is 433 g/mol. The predicted molar refractivity (Wildman–Crippen MR) is 119 cm³/mol. The maximum absolute atomic E-state index is 10.8. The van der Waals surface area contributed by atoms with Crippen LogP contribution >= 0.6 is 0 Å². The average Bonchev–Trinajstić information content (AvgIpc) is 3.40. The molecule has 1 fully saturated rings. The van der Waals surface area contributed by atoms with Crippen LogP contribution < -0.4 is 4.90 Å². The van der Waals surface area contributed by atoms with Gasteiger partial charge < -0.3 is 14.3 Å². The Morgan fingerprint density at radius 3 is 2.66 bits per heavy atom. The molecule has 3 heterocycles. The lowest BCUT2D eigenvalue weighted by atomic mass is 10.2. The molecule has 1 aliphatic rings. The maximum atomic E-state index is 10.8. The van der Waals surface area contributed by atoms with Crippen molar-refractivity contribution in [1.82, 2.24) is 25.1 Å². The van der Waals surface area contributed by atoms with Gasteiger partial charge >= 0.3 is 0 Å². The highest BCUT2D eigenvalue weighted by Gasteiger charge is 2.25. The summed E-state index contributed by atoms with van der Waals surface area (Å²) in [5.41, 5.74) is 2.71. The summed E-state index contributed by atoms with van der Waals surface area (Å²) in [6, 6.07) is 14.1. The highest BCUT2D eigenvalue weighted by atomic mass is 16.6. The van der Waals surface area contributed by atoms with Crippen molar-refractivity contribution < 1.29 is 9.34 Å². The SMILES string of the molecule is CC(c1nnc(-c2ccc([N+](=O)[O-])cc2)o1)N1CCCN(c2nc3ccccc3[nH]2)CC1. The minimum atomic E-state index is -0.431. The molecule has 2 aromatic heterocycles. The predicted octanol–water partition coefficient (Wildman–Crippen LogP) is 3.79. The summed E-state index contributed by atoms with van der Waals surface area (Å²) in [5, 5.41) is 19.2. The molecule has 0 radical (unpaired) electrons. The van der Waals surface area contributed by atoms with Crippen LogP contribution in [0.2, 0.25) is 0 Å². The Kier molecular flexibility index (Phi) is 5.28. The highest BCUT2D eigenvalue weighted by molar-refractivity contribution is 5.77. The molecule has 1 unspecified atom stereocenters. The quantitative estimate of drug-likeness (QED) is 0.373. The number of nitro benzene ring substituents is 1. The lowest BCUT2D eigenvalue weighted by Crippen LogP contribution is -2.33. The number of hydrogen-bond donors (Lipinski definition) is 1. The summed E-state index contributed by atoms with van der Waals surface area (Å²) in [6.07, 6.45) is 0.991. The van der Waals surface area contributed by atoms with E-state index in [4.69, 9.17) is 9.40 Å². The first kappa shape index (κ1) is 20.1. The third kappa shape index (κ3) is 3.92. The number of imidazole rings is 1. The minimum Gasteiger partial charge on any atom is -0.419 e. The Bertz CT molecular complexity index is 1200. The summed E-state index contributed by atoms with van der Waals surface area (Å²) in [5.74, 6) is 1.80. The van der Waals surface area contributed by atoms with Crippen LogP contribution in [0.5, 0.6) is 0 Å². The number of H-pyrrole nitrogens is 1. The van der Waals surface area contributed by atoms with E-state index in [-0.39, 0.29) is 11.7 Å². The van der Waals surface area contributed by atoms with Crippen LogP contribution in [0.3, 0.4) is 0 Å². The van der Waals surface area contributed by atoms with Crippen molar-refractivity contribution in [1.29, 1.82) is 0 Å². The van der Waals surface area contributed by atoms with Gasteiger partial charge in [-0.2, -0.15) is 0 Å². The van der Waals surface area contributed by atoms with Crippen LogP contribution in [0.25, 0.3) is 22.5 Å². The summed E-state index contributed by atoms with van der Waals surface area (Å²) in [7, 11) is 0. The zero-order valence-electron chi connectivity index (χ0n) is 17.6. The fourth-order valence-electron chi connectivity index (χ4n) is 4.03. The number of aromatic amines is 1. The van der Waals surface area contributed by atoms with Crippen molar-refractivity contribution in [2.45, 2.75) is 19.4 Å². The molecule has 164 valence electrons. The summed E-state index contributed by atoms with van der Waals surface area (Å²) < 4.78 is 5.91. The maximum Gasteiger partial charge on any atom is 0.269 e. The summed E-state index contributed by atoms with van der Waals surface area (Å²) >= 11 is 0. The zero-order chi connectivity index (χ0) is 22.1. The molecule has 1 N–H and O–H groups in total. The molecule has 0 spiro atoms. The third-order valence-electron chi connectivity index (χ3n) is 5.88. The lowest BCUT2D eigenvalue weighted by Gasteiger charge is -2.25. The Balaban J connectivity index is 1.27. The first-order valence-corrected chi connectivity index (χ1v) is 10.6. The van der Waals surface area contributed by atoms with Crippen LogP contribution in [0.1, 0.15) is 25.3 Å². The Hall–Kier alpha value is -3.79.